The predicted octanol–water partition coefficient (Wildman–Crippen LogP) is 0.548. The first-order chi connectivity index (χ1) is 4.70. The lowest BCUT2D eigenvalue weighted by molar-refractivity contribution is 1.24. The van der Waals surface area contributed by atoms with E-state index in [1.807, 2.05) is 0 Å². The summed E-state index contributed by atoms with van der Waals surface area (Å²) in [7, 11) is 0. The number of aromatic nitrogens is 1. The van der Waals surface area contributed by atoms with Gasteiger partial charge in [0.25, 0.3) is 0 Å². The standard InChI is InChI=1S/C7H8N3/c1-5-2-3-10-6(4-5)7(8)9/h2-4H,1H2,(H3,8,9). The van der Waals surface area contributed by atoms with Crippen molar-refractivity contribution < 1.29 is 0 Å². The largest absolute Gasteiger partial charge is 0.382 e. The van der Waals surface area contributed by atoms with Crippen molar-refractivity contribution >= 4 is 5.84 Å². The summed E-state index contributed by atoms with van der Waals surface area (Å²) in [5.41, 5.74) is 6.47. The van der Waals surface area contributed by atoms with Gasteiger partial charge in [0.1, 0.15) is 11.5 Å². The fourth-order valence-corrected chi connectivity index (χ4v) is 0.622. The van der Waals surface area contributed by atoms with Crippen LogP contribution in [0.25, 0.3) is 0 Å². The van der Waals surface area contributed by atoms with Crippen LogP contribution in [0.4, 0.5) is 0 Å². The average Bonchev–Trinajstić information content (AvgIpc) is 1.88. The van der Waals surface area contributed by atoms with Crippen LogP contribution >= 0.6 is 0 Å². The van der Waals surface area contributed by atoms with Crippen molar-refractivity contribution in [3.05, 3.63) is 36.5 Å². The SMILES string of the molecule is [CH2]c1ccnc(C(=N)N)c1. The van der Waals surface area contributed by atoms with Gasteiger partial charge in [0.2, 0.25) is 0 Å². The maximum absolute atomic E-state index is 7.02. The van der Waals surface area contributed by atoms with Crippen LogP contribution in [-0.2, 0) is 0 Å². The van der Waals surface area contributed by atoms with Crippen LogP contribution in [0, 0.1) is 12.3 Å². The number of nitrogens with two attached hydrogens (primary N) is 1. The normalized spacial score (nSPS) is 9.30. The van der Waals surface area contributed by atoms with Crippen molar-refractivity contribution in [2.75, 3.05) is 0 Å². The maximum atomic E-state index is 7.02. The molecule has 3 nitrogen and oxygen atoms in total. The van der Waals surface area contributed by atoms with Crippen LogP contribution in [0.5, 0.6) is 0 Å². The van der Waals surface area contributed by atoms with Gasteiger partial charge >= 0.3 is 0 Å². The number of nitrogens with one attached hydrogen (secondary N) is 1. The van der Waals surface area contributed by atoms with Crippen molar-refractivity contribution in [1.82, 2.24) is 4.98 Å². The number of amidine groups is 1. The monoisotopic (exact) mass is 134 g/mol. The van der Waals surface area contributed by atoms with E-state index in [1.54, 1.807) is 18.3 Å². The zero-order valence-corrected chi connectivity index (χ0v) is 5.46. The van der Waals surface area contributed by atoms with Crippen LogP contribution in [0.15, 0.2) is 18.3 Å². The van der Waals surface area contributed by atoms with Gasteiger partial charge in [0.15, 0.2) is 0 Å². The van der Waals surface area contributed by atoms with Crippen molar-refractivity contribution in [3.8, 4) is 0 Å². The molecule has 1 aromatic rings. The lowest BCUT2D eigenvalue weighted by atomic mass is 10.2. The number of hydrogen-bond donors (Lipinski definition) is 2. The van der Waals surface area contributed by atoms with E-state index in [9.17, 15) is 0 Å². The van der Waals surface area contributed by atoms with E-state index in [1.165, 1.54) is 0 Å². The van der Waals surface area contributed by atoms with Gasteiger partial charge in [0.05, 0.1) is 0 Å². The van der Waals surface area contributed by atoms with Gasteiger partial charge < -0.3 is 5.73 Å². The lowest BCUT2D eigenvalue weighted by Gasteiger charge is -1.96. The van der Waals surface area contributed by atoms with Crippen LogP contribution < -0.4 is 5.73 Å². The highest BCUT2D eigenvalue weighted by Crippen LogP contribution is 1.97. The van der Waals surface area contributed by atoms with Crippen molar-refractivity contribution in [1.29, 1.82) is 5.41 Å². The summed E-state index contributed by atoms with van der Waals surface area (Å²) in [5, 5.41) is 7.02. The van der Waals surface area contributed by atoms with E-state index in [0.717, 1.165) is 5.56 Å². The van der Waals surface area contributed by atoms with Gasteiger partial charge in [-0.25, -0.2) is 0 Å². The molecular formula is C7H8N3. The molecule has 1 radical (unpaired) electrons. The molecule has 3 N–H and O–H groups in total. The molecule has 3 heteroatoms. The predicted molar refractivity (Wildman–Crippen MR) is 39.7 cm³/mol. The Morgan fingerprint density at radius 1 is 1.70 bits per heavy atom. The minimum Gasteiger partial charge on any atom is -0.382 e. The van der Waals surface area contributed by atoms with E-state index in [2.05, 4.69) is 11.9 Å². The molecule has 0 saturated heterocycles. The van der Waals surface area contributed by atoms with Crippen LogP contribution in [0.3, 0.4) is 0 Å². The first-order valence-corrected chi connectivity index (χ1v) is 2.82. The van der Waals surface area contributed by atoms with Gasteiger partial charge in [-0.1, -0.05) is 0 Å². The first kappa shape index (κ1) is 6.74. The topological polar surface area (TPSA) is 62.8 Å². The maximum Gasteiger partial charge on any atom is 0.141 e. The summed E-state index contributed by atoms with van der Waals surface area (Å²) in [4.78, 5) is 3.85. The zero-order chi connectivity index (χ0) is 7.56. The Labute approximate surface area is 59.4 Å². The summed E-state index contributed by atoms with van der Waals surface area (Å²) in [6.07, 6.45) is 1.58. The molecule has 1 aromatic heterocycles. The quantitative estimate of drug-likeness (QED) is 0.435. The second kappa shape index (κ2) is 2.47. The van der Waals surface area contributed by atoms with Crippen LogP contribution in [0.2, 0.25) is 0 Å². The molecule has 51 valence electrons. The highest BCUT2D eigenvalue weighted by atomic mass is 14.8. The second-order valence-electron chi connectivity index (χ2n) is 1.96. The fraction of sp³-hybridized carbons (Fsp3) is 0. The minimum atomic E-state index is -0.0227. The van der Waals surface area contributed by atoms with E-state index < -0.39 is 0 Å². The highest BCUT2D eigenvalue weighted by molar-refractivity contribution is 5.93. The third-order valence-corrected chi connectivity index (χ3v) is 1.10. The Hall–Kier alpha value is -1.38. The minimum absolute atomic E-state index is 0.0227. The Morgan fingerprint density at radius 2 is 2.40 bits per heavy atom. The Bertz CT molecular complexity index is 255. The Balaban J connectivity index is 3.07. The average molecular weight is 134 g/mol. The Morgan fingerprint density at radius 3 is 2.80 bits per heavy atom. The molecular weight excluding hydrogens is 126 g/mol. The molecule has 10 heavy (non-hydrogen) atoms. The summed E-state index contributed by atoms with van der Waals surface area (Å²) < 4.78 is 0. The van der Waals surface area contributed by atoms with Gasteiger partial charge in [-0.15, -0.1) is 0 Å². The molecule has 0 aliphatic rings. The number of nitrogens with zero attached hydrogens (tertiary/aromatic N) is 1. The molecule has 0 atom stereocenters. The molecule has 0 bridgehead atoms. The van der Waals surface area contributed by atoms with E-state index >= 15 is 0 Å². The molecule has 1 rings (SSSR count). The summed E-state index contributed by atoms with van der Waals surface area (Å²) in [6, 6.07) is 3.43. The van der Waals surface area contributed by atoms with E-state index in [4.69, 9.17) is 11.1 Å². The smallest absolute Gasteiger partial charge is 0.141 e. The summed E-state index contributed by atoms with van der Waals surface area (Å²) >= 11 is 0. The van der Waals surface area contributed by atoms with Crippen molar-refractivity contribution in [2.45, 2.75) is 0 Å². The fourth-order valence-electron chi connectivity index (χ4n) is 0.622. The molecule has 0 aliphatic heterocycles. The first-order valence-electron chi connectivity index (χ1n) is 2.82. The molecule has 0 spiro atoms. The third kappa shape index (κ3) is 1.31. The van der Waals surface area contributed by atoms with Gasteiger partial charge in [0, 0.05) is 6.20 Å². The lowest BCUT2D eigenvalue weighted by Crippen LogP contribution is -2.12. The van der Waals surface area contributed by atoms with Crippen LogP contribution in [-0.4, -0.2) is 10.8 Å². The zero-order valence-electron chi connectivity index (χ0n) is 5.46. The molecule has 0 fully saturated rings. The highest BCUT2D eigenvalue weighted by Gasteiger charge is 1.95. The summed E-state index contributed by atoms with van der Waals surface area (Å²) in [5.74, 6) is -0.0227. The number of pyridine rings is 1. The van der Waals surface area contributed by atoms with Gasteiger partial charge in [-0.3, -0.25) is 10.4 Å². The molecule has 0 aliphatic carbocycles. The number of rotatable bonds is 1. The molecule has 0 amide bonds. The van der Waals surface area contributed by atoms with E-state index in [-0.39, 0.29) is 5.84 Å². The summed E-state index contributed by atoms with van der Waals surface area (Å²) in [6.45, 7) is 3.67. The number of nitrogen functional groups attached to an aromatic ring is 1. The van der Waals surface area contributed by atoms with E-state index in [0.29, 0.717) is 5.69 Å². The van der Waals surface area contributed by atoms with Crippen molar-refractivity contribution in [3.63, 3.8) is 0 Å². The molecule has 1 heterocycles. The third-order valence-electron chi connectivity index (χ3n) is 1.10. The molecule has 0 unspecified atom stereocenters. The second-order valence-corrected chi connectivity index (χ2v) is 1.96. The molecule has 0 aromatic carbocycles. The Kier molecular flexibility index (Phi) is 1.67. The molecule has 0 saturated carbocycles. The van der Waals surface area contributed by atoms with Crippen molar-refractivity contribution in [2.24, 2.45) is 5.73 Å². The van der Waals surface area contributed by atoms with Gasteiger partial charge in [-0.2, -0.15) is 0 Å². The number of hydrogen-bond acceptors (Lipinski definition) is 2. The van der Waals surface area contributed by atoms with Gasteiger partial charge in [-0.05, 0) is 24.6 Å². The van der Waals surface area contributed by atoms with Crippen LogP contribution in [0.1, 0.15) is 11.3 Å².